The molecule has 0 saturated carbocycles. The number of hydrogen-bond donors (Lipinski definition) is 0. The number of rotatable bonds is 9. The molecular formula is C21H30Cl2N2O2. The standard InChI is InChI=1S/C21H28N2O2.2ClH/c1-3-8-20(9-4-1)24-18-7-12-22-13-15-23(16-14-22)17-19-25-21-10-5-2-6-11-21;;/h1-6,8-11H,7,12-19H2;2*1H. The number of nitrogens with zero attached hydrogens (tertiary/aromatic N) is 2. The maximum atomic E-state index is 5.79. The Hall–Kier alpha value is -1.46. The normalized spacial score (nSPS) is 14.7. The molecule has 4 nitrogen and oxygen atoms in total. The van der Waals surface area contributed by atoms with Crippen LogP contribution in [-0.2, 0) is 0 Å². The number of halogens is 2. The van der Waals surface area contributed by atoms with E-state index in [-0.39, 0.29) is 24.8 Å². The van der Waals surface area contributed by atoms with Gasteiger partial charge in [0.05, 0.1) is 6.61 Å². The molecule has 3 rings (SSSR count). The lowest BCUT2D eigenvalue weighted by Gasteiger charge is -2.34. The molecule has 0 unspecified atom stereocenters. The van der Waals surface area contributed by atoms with Gasteiger partial charge in [0.1, 0.15) is 18.1 Å². The number of piperazine rings is 1. The Bertz CT molecular complexity index is 594. The van der Waals surface area contributed by atoms with E-state index in [1.807, 2.05) is 60.7 Å². The van der Waals surface area contributed by atoms with Crippen LogP contribution in [0.2, 0.25) is 0 Å². The Kier molecular flexibility index (Phi) is 11.9. The average Bonchev–Trinajstić information content (AvgIpc) is 2.68. The van der Waals surface area contributed by atoms with Gasteiger partial charge in [-0.15, -0.1) is 24.8 Å². The second-order valence-corrected chi connectivity index (χ2v) is 6.36. The van der Waals surface area contributed by atoms with Crippen LogP contribution < -0.4 is 9.47 Å². The summed E-state index contributed by atoms with van der Waals surface area (Å²) in [7, 11) is 0. The molecule has 150 valence electrons. The quantitative estimate of drug-likeness (QED) is 0.581. The molecule has 1 heterocycles. The minimum Gasteiger partial charge on any atom is -0.494 e. The predicted octanol–water partition coefficient (Wildman–Crippen LogP) is 4.00. The van der Waals surface area contributed by atoms with E-state index in [1.165, 1.54) is 0 Å². The van der Waals surface area contributed by atoms with E-state index in [9.17, 15) is 0 Å². The molecule has 0 aromatic heterocycles. The zero-order valence-corrected chi connectivity index (χ0v) is 17.3. The van der Waals surface area contributed by atoms with Gasteiger partial charge in [-0.25, -0.2) is 0 Å². The van der Waals surface area contributed by atoms with E-state index >= 15 is 0 Å². The summed E-state index contributed by atoms with van der Waals surface area (Å²) in [6, 6.07) is 20.1. The molecule has 1 aliphatic heterocycles. The third kappa shape index (κ3) is 8.85. The highest BCUT2D eigenvalue weighted by atomic mass is 35.5. The van der Waals surface area contributed by atoms with Crippen LogP contribution in [0.15, 0.2) is 60.7 Å². The summed E-state index contributed by atoms with van der Waals surface area (Å²) < 4.78 is 11.5. The Morgan fingerprint density at radius 2 is 1.04 bits per heavy atom. The first-order chi connectivity index (χ1) is 12.4. The summed E-state index contributed by atoms with van der Waals surface area (Å²) in [5, 5.41) is 0. The lowest BCUT2D eigenvalue weighted by Crippen LogP contribution is -2.47. The van der Waals surface area contributed by atoms with Crippen molar-refractivity contribution in [2.75, 3.05) is 52.5 Å². The molecule has 0 spiro atoms. The number of para-hydroxylation sites is 2. The molecule has 1 fully saturated rings. The molecule has 27 heavy (non-hydrogen) atoms. The van der Waals surface area contributed by atoms with E-state index in [1.54, 1.807) is 0 Å². The van der Waals surface area contributed by atoms with Gasteiger partial charge in [0.25, 0.3) is 0 Å². The predicted molar refractivity (Wildman–Crippen MR) is 116 cm³/mol. The SMILES string of the molecule is Cl.Cl.c1ccc(OCCCN2CCN(CCOc3ccccc3)CC2)cc1. The van der Waals surface area contributed by atoms with Crippen molar-refractivity contribution in [2.24, 2.45) is 0 Å². The van der Waals surface area contributed by atoms with Gasteiger partial charge in [0.2, 0.25) is 0 Å². The smallest absolute Gasteiger partial charge is 0.119 e. The van der Waals surface area contributed by atoms with Crippen molar-refractivity contribution >= 4 is 24.8 Å². The topological polar surface area (TPSA) is 24.9 Å². The Morgan fingerprint density at radius 3 is 1.56 bits per heavy atom. The third-order valence-electron chi connectivity index (χ3n) is 4.51. The second-order valence-electron chi connectivity index (χ2n) is 6.36. The van der Waals surface area contributed by atoms with Crippen LogP contribution in [-0.4, -0.2) is 62.3 Å². The van der Waals surface area contributed by atoms with Crippen molar-refractivity contribution in [3.63, 3.8) is 0 Å². The van der Waals surface area contributed by atoms with Crippen LogP contribution in [0.4, 0.5) is 0 Å². The zero-order valence-electron chi connectivity index (χ0n) is 15.7. The minimum absolute atomic E-state index is 0. The van der Waals surface area contributed by atoms with Crippen LogP contribution >= 0.6 is 24.8 Å². The van der Waals surface area contributed by atoms with Crippen LogP contribution in [0.5, 0.6) is 11.5 Å². The maximum absolute atomic E-state index is 5.79. The molecule has 1 aliphatic rings. The van der Waals surface area contributed by atoms with E-state index in [4.69, 9.17) is 9.47 Å². The van der Waals surface area contributed by atoms with Crippen LogP contribution in [0, 0.1) is 0 Å². The van der Waals surface area contributed by atoms with Gasteiger partial charge in [-0.1, -0.05) is 36.4 Å². The van der Waals surface area contributed by atoms with Gasteiger partial charge in [-0.2, -0.15) is 0 Å². The van der Waals surface area contributed by atoms with Crippen molar-refractivity contribution in [1.29, 1.82) is 0 Å². The molecule has 0 atom stereocenters. The Morgan fingerprint density at radius 1 is 0.593 bits per heavy atom. The van der Waals surface area contributed by atoms with E-state index < -0.39 is 0 Å². The molecule has 2 aromatic carbocycles. The zero-order chi connectivity index (χ0) is 17.2. The van der Waals surface area contributed by atoms with E-state index in [0.717, 1.165) is 70.4 Å². The van der Waals surface area contributed by atoms with Gasteiger partial charge in [-0.05, 0) is 30.7 Å². The van der Waals surface area contributed by atoms with Gasteiger partial charge >= 0.3 is 0 Å². The molecule has 0 radical (unpaired) electrons. The molecule has 2 aromatic rings. The monoisotopic (exact) mass is 412 g/mol. The largest absolute Gasteiger partial charge is 0.494 e. The fourth-order valence-corrected chi connectivity index (χ4v) is 3.04. The number of benzene rings is 2. The second kappa shape index (κ2) is 13.7. The summed E-state index contributed by atoms with van der Waals surface area (Å²) in [5.41, 5.74) is 0. The highest BCUT2D eigenvalue weighted by Crippen LogP contribution is 2.10. The molecule has 6 heteroatoms. The van der Waals surface area contributed by atoms with E-state index in [0.29, 0.717) is 0 Å². The maximum Gasteiger partial charge on any atom is 0.119 e. The summed E-state index contributed by atoms with van der Waals surface area (Å²) in [5.74, 6) is 1.92. The van der Waals surface area contributed by atoms with Crippen molar-refractivity contribution in [3.8, 4) is 11.5 Å². The molecule has 0 aliphatic carbocycles. The van der Waals surface area contributed by atoms with Crippen LogP contribution in [0.1, 0.15) is 6.42 Å². The lowest BCUT2D eigenvalue weighted by molar-refractivity contribution is 0.112. The average molecular weight is 413 g/mol. The molecule has 1 saturated heterocycles. The fraction of sp³-hybridized carbons (Fsp3) is 0.429. The Balaban J connectivity index is 0.00000182. The first-order valence-electron chi connectivity index (χ1n) is 9.20. The van der Waals surface area contributed by atoms with Crippen LogP contribution in [0.3, 0.4) is 0 Å². The number of ether oxygens (including phenoxy) is 2. The molecule has 0 N–H and O–H groups in total. The van der Waals surface area contributed by atoms with Gasteiger partial charge < -0.3 is 14.4 Å². The van der Waals surface area contributed by atoms with Gasteiger partial charge in [0, 0.05) is 39.3 Å². The van der Waals surface area contributed by atoms with Crippen molar-refractivity contribution in [1.82, 2.24) is 9.80 Å². The molecule has 0 bridgehead atoms. The van der Waals surface area contributed by atoms with E-state index in [2.05, 4.69) is 9.80 Å². The molecule has 0 amide bonds. The summed E-state index contributed by atoms with van der Waals surface area (Å²) in [4.78, 5) is 5.02. The summed E-state index contributed by atoms with van der Waals surface area (Å²) in [6.45, 7) is 8.17. The number of hydrogen-bond acceptors (Lipinski definition) is 4. The van der Waals surface area contributed by atoms with Crippen molar-refractivity contribution in [2.45, 2.75) is 6.42 Å². The van der Waals surface area contributed by atoms with Crippen LogP contribution in [0.25, 0.3) is 0 Å². The summed E-state index contributed by atoms with van der Waals surface area (Å²) >= 11 is 0. The Labute approximate surface area is 175 Å². The highest BCUT2D eigenvalue weighted by molar-refractivity contribution is 5.85. The highest BCUT2D eigenvalue weighted by Gasteiger charge is 2.16. The lowest BCUT2D eigenvalue weighted by atomic mass is 10.3. The third-order valence-corrected chi connectivity index (χ3v) is 4.51. The van der Waals surface area contributed by atoms with Gasteiger partial charge in [0.15, 0.2) is 0 Å². The minimum atomic E-state index is 0. The van der Waals surface area contributed by atoms with Crippen molar-refractivity contribution < 1.29 is 9.47 Å². The fourth-order valence-electron chi connectivity index (χ4n) is 3.04. The summed E-state index contributed by atoms with van der Waals surface area (Å²) in [6.07, 6.45) is 1.08. The van der Waals surface area contributed by atoms with Gasteiger partial charge in [-0.3, -0.25) is 4.90 Å². The first-order valence-corrected chi connectivity index (χ1v) is 9.20. The van der Waals surface area contributed by atoms with Crippen molar-refractivity contribution in [3.05, 3.63) is 60.7 Å². The first kappa shape index (κ1) is 23.6. The molecular weight excluding hydrogens is 383 g/mol.